The third-order valence-electron chi connectivity index (χ3n) is 3.93. The predicted molar refractivity (Wildman–Crippen MR) is 91.1 cm³/mol. The third kappa shape index (κ3) is 3.51. The summed E-state index contributed by atoms with van der Waals surface area (Å²) in [7, 11) is 0. The third-order valence-corrected chi connectivity index (χ3v) is 3.93. The number of hydrogen-bond donors (Lipinski definition) is 1. The van der Waals surface area contributed by atoms with Crippen molar-refractivity contribution in [3.63, 3.8) is 0 Å². The molecule has 1 N–H and O–H groups in total. The lowest BCUT2D eigenvalue weighted by molar-refractivity contribution is -0.122. The lowest BCUT2D eigenvalue weighted by atomic mass is 9.95. The monoisotopic (exact) mass is 321 g/mol. The van der Waals surface area contributed by atoms with Gasteiger partial charge in [0.05, 0.1) is 36.4 Å². The molecule has 0 fully saturated rings. The molecular formula is C19H19N3O2. The summed E-state index contributed by atoms with van der Waals surface area (Å²) >= 11 is 0. The van der Waals surface area contributed by atoms with Crippen LogP contribution in [-0.2, 0) is 11.3 Å². The molecule has 0 saturated carbocycles. The predicted octanol–water partition coefficient (Wildman–Crippen LogP) is 3.55. The molecule has 0 aliphatic heterocycles. The molecule has 0 unspecified atom stereocenters. The summed E-state index contributed by atoms with van der Waals surface area (Å²) in [5.74, 6) is -0.173. The van der Waals surface area contributed by atoms with Crippen LogP contribution in [-0.4, -0.2) is 15.9 Å². The largest absolute Gasteiger partial charge is 0.472 e. The Hall–Kier alpha value is -2.95. The van der Waals surface area contributed by atoms with Crippen LogP contribution in [0, 0.1) is 0 Å². The van der Waals surface area contributed by atoms with E-state index in [9.17, 15) is 4.79 Å². The average Bonchev–Trinajstić information content (AvgIpc) is 3.16. The van der Waals surface area contributed by atoms with Crippen LogP contribution in [0.3, 0.4) is 0 Å². The Morgan fingerprint density at radius 3 is 2.67 bits per heavy atom. The zero-order valence-electron chi connectivity index (χ0n) is 13.5. The maximum Gasteiger partial charge on any atom is 0.227 e. The van der Waals surface area contributed by atoms with Crippen molar-refractivity contribution in [2.24, 2.45) is 0 Å². The second kappa shape index (κ2) is 7.55. The SMILES string of the molecule is CC[C@H](C(=O)NCc1nccnc1-c1ccoc1)c1ccccc1. The zero-order valence-corrected chi connectivity index (χ0v) is 13.5. The van der Waals surface area contributed by atoms with Gasteiger partial charge in [-0.15, -0.1) is 0 Å². The minimum absolute atomic E-state index is 0.00695. The van der Waals surface area contributed by atoms with Gasteiger partial charge in [0.15, 0.2) is 0 Å². The van der Waals surface area contributed by atoms with E-state index in [1.165, 1.54) is 0 Å². The number of amides is 1. The smallest absolute Gasteiger partial charge is 0.227 e. The van der Waals surface area contributed by atoms with Gasteiger partial charge in [0.25, 0.3) is 0 Å². The average molecular weight is 321 g/mol. The van der Waals surface area contributed by atoms with Gasteiger partial charge >= 0.3 is 0 Å². The van der Waals surface area contributed by atoms with Gasteiger partial charge in [-0.25, -0.2) is 0 Å². The fourth-order valence-corrected chi connectivity index (χ4v) is 2.69. The number of carbonyl (C=O) groups excluding carboxylic acids is 1. The van der Waals surface area contributed by atoms with Gasteiger partial charge in [-0.05, 0) is 18.1 Å². The van der Waals surface area contributed by atoms with Crippen LogP contribution in [0.25, 0.3) is 11.3 Å². The van der Waals surface area contributed by atoms with Crippen LogP contribution in [0.1, 0.15) is 30.5 Å². The van der Waals surface area contributed by atoms with Crippen molar-refractivity contribution in [1.29, 1.82) is 0 Å². The maximum absolute atomic E-state index is 12.6. The summed E-state index contributed by atoms with van der Waals surface area (Å²) in [6.07, 6.45) is 7.21. The van der Waals surface area contributed by atoms with Gasteiger partial charge < -0.3 is 9.73 Å². The summed E-state index contributed by atoms with van der Waals surface area (Å²) in [6, 6.07) is 11.6. The lowest BCUT2D eigenvalue weighted by Crippen LogP contribution is -2.29. The minimum Gasteiger partial charge on any atom is -0.472 e. The topological polar surface area (TPSA) is 68.0 Å². The molecule has 3 aromatic rings. The number of carbonyl (C=O) groups is 1. The highest BCUT2D eigenvalue weighted by atomic mass is 16.3. The van der Waals surface area contributed by atoms with Crippen LogP contribution >= 0.6 is 0 Å². The van der Waals surface area contributed by atoms with E-state index in [0.717, 1.165) is 28.9 Å². The number of nitrogens with one attached hydrogen (secondary N) is 1. The second-order valence-corrected chi connectivity index (χ2v) is 5.45. The van der Waals surface area contributed by atoms with E-state index in [-0.39, 0.29) is 11.8 Å². The van der Waals surface area contributed by atoms with Gasteiger partial charge in [-0.3, -0.25) is 14.8 Å². The highest BCUT2D eigenvalue weighted by molar-refractivity contribution is 5.83. The molecule has 5 heteroatoms. The van der Waals surface area contributed by atoms with E-state index in [1.54, 1.807) is 24.9 Å². The fourth-order valence-electron chi connectivity index (χ4n) is 2.69. The molecule has 122 valence electrons. The minimum atomic E-state index is -0.166. The normalized spacial score (nSPS) is 11.9. The van der Waals surface area contributed by atoms with E-state index in [1.807, 2.05) is 43.3 Å². The Balaban J connectivity index is 1.73. The van der Waals surface area contributed by atoms with E-state index in [4.69, 9.17) is 4.42 Å². The lowest BCUT2D eigenvalue weighted by Gasteiger charge is -2.15. The molecule has 2 heterocycles. The van der Waals surface area contributed by atoms with Crippen molar-refractivity contribution >= 4 is 5.91 Å². The van der Waals surface area contributed by atoms with Crippen LogP contribution < -0.4 is 5.32 Å². The molecule has 2 aromatic heterocycles. The number of aromatic nitrogens is 2. The van der Waals surface area contributed by atoms with E-state index < -0.39 is 0 Å². The van der Waals surface area contributed by atoms with Crippen LogP contribution in [0.2, 0.25) is 0 Å². The highest BCUT2D eigenvalue weighted by Gasteiger charge is 2.19. The summed E-state index contributed by atoms with van der Waals surface area (Å²) < 4.78 is 5.11. The summed E-state index contributed by atoms with van der Waals surface area (Å²) in [4.78, 5) is 21.3. The second-order valence-electron chi connectivity index (χ2n) is 5.45. The molecular weight excluding hydrogens is 302 g/mol. The molecule has 1 atom stereocenters. The standard InChI is InChI=1S/C19H19N3O2/c1-2-16(14-6-4-3-5-7-14)19(23)22-12-17-18(21-10-9-20-17)15-8-11-24-13-15/h3-11,13,16H,2,12H2,1H3,(H,22,23)/t16-/m0/s1. The number of benzene rings is 1. The molecule has 5 nitrogen and oxygen atoms in total. The molecule has 0 saturated heterocycles. The summed E-state index contributed by atoms with van der Waals surface area (Å²) in [6.45, 7) is 2.34. The molecule has 1 aromatic carbocycles. The van der Waals surface area contributed by atoms with Gasteiger partial charge in [0.1, 0.15) is 0 Å². The van der Waals surface area contributed by atoms with E-state index in [0.29, 0.717) is 6.54 Å². The van der Waals surface area contributed by atoms with Crippen molar-refractivity contribution in [1.82, 2.24) is 15.3 Å². The van der Waals surface area contributed by atoms with Gasteiger partial charge in [-0.1, -0.05) is 37.3 Å². The quantitative estimate of drug-likeness (QED) is 0.754. The van der Waals surface area contributed by atoms with E-state index >= 15 is 0 Å². The Kier molecular flexibility index (Phi) is 5.01. The van der Waals surface area contributed by atoms with Gasteiger partial charge in [0.2, 0.25) is 5.91 Å². The molecule has 24 heavy (non-hydrogen) atoms. The zero-order chi connectivity index (χ0) is 16.8. The van der Waals surface area contributed by atoms with Crippen molar-refractivity contribution in [3.8, 4) is 11.3 Å². The summed E-state index contributed by atoms with van der Waals surface area (Å²) in [5, 5.41) is 2.98. The first-order valence-electron chi connectivity index (χ1n) is 7.94. The van der Waals surface area contributed by atoms with Crippen molar-refractivity contribution in [2.45, 2.75) is 25.8 Å². The number of nitrogens with zero attached hydrogens (tertiary/aromatic N) is 2. The van der Waals surface area contributed by atoms with Gasteiger partial charge in [-0.2, -0.15) is 0 Å². The van der Waals surface area contributed by atoms with Crippen LogP contribution in [0.5, 0.6) is 0 Å². The van der Waals surface area contributed by atoms with Crippen molar-refractivity contribution < 1.29 is 9.21 Å². The van der Waals surface area contributed by atoms with Gasteiger partial charge in [0, 0.05) is 18.0 Å². The first-order valence-corrected chi connectivity index (χ1v) is 7.94. The van der Waals surface area contributed by atoms with Crippen LogP contribution in [0.4, 0.5) is 0 Å². The Bertz CT molecular complexity index is 785. The highest BCUT2D eigenvalue weighted by Crippen LogP contribution is 2.21. The van der Waals surface area contributed by atoms with Crippen LogP contribution in [0.15, 0.2) is 65.7 Å². The number of rotatable bonds is 6. The summed E-state index contributed by atoms with van der Waals surface area (Å²) in [5.41, 5.74) is 3.31. The van der Waals surface area contributed by atoms with E-state index in [2.05, 4.69) is 15.3 Å². The molecule has 0 radical (unpaired) electrons. The molecule has 0 aliphatic rings. The number of hydrogen-bond acceptors (Lipinski definition) is 4. The first-order chi connectivity index (χ1) is 11.8. The molecule has 0 bridgehead atoms. The molecule has 0 aliphatic carbocycles. The Labute approximate surface area is 140 Å². The first kappa shape index (κ1) is 15.9. The maximum atomic E-state index is 12.6. The van der Waals surface area contributed by atoms with Crippen molar-refractivity contribution in [2.75, 3.05) is 0 Å². The van der Waals surface area contributed by atoms with Crippen molar-refractivity contribution in [3.05, 3.63) is 72.6 Å². The Morgan fingerprint density at radius 2 is 1.96 bits per heavy atom. The molecule has 3 rings (SSSR count). The Morgan fingerprint density at radius 1 is 1.17 bits per heavy atom. The molecule has 1 amide bonds. The fraction of sp³-hybridized carbons (Fsp3) is 0.211. The molecule has 0 spiro atoms. The number of furan rings is 1.